The third-order valence-electron chi connectivity index (χ3n) is 10.1. The second-order valence-corrected chi connectivity index (χ2v) is 13.3. The van der Waals surface area contributed by atoms with Gasteiger partial charge in [0.25, 0.3) is 0 Å². The van der Waals surface area contributed by atoms with E-state index in [0.29, 0.717) is 66.1 Å². The summed E-state index contributed by atoms with van der Waals surface area (Å²) in [6.07, 6.45) is 3.68. The minimum Gasteiger partial charge on any atom is -0.477 e. The monoisotopic (exact) mass is 666 g/mol. The summed E-state index contributed by atoms with van der Waals surface area (Å²) in [5.41, 5.74) is 2.51. The second-order valence-electron chi connectivity index (χ2n) is 13.3. The molecule has 1 aromatic heterocycles. The van der Waals surface area contributed by atoms with Crippen LogP contribution in [0, 0.1) is 18.8 Å². The summed E-state index contributed by atoms with van der Waals surface area (Å²) < 4.78 is 13.3. The lowest BCUT2D eigenvalue weighted by Gasteiger charge is -2.47. The first-order valence-electron chi connectivity index (χ1n) is 16.2. The summed E-state index contributed by atoms with van der Waals surface area (Å²) in [6.45, 7) is 1.42. The molecule has 1 fully saturated rings. The topological polar surface area (TPSA) is 205 Å². The van der Waals surface area contributed by atoms with Crippen LogP contribution in [0.3, 0.4) is 0 Å². The number of hydrogen-bond acceptors (Lipinski definition) is 12. The van der Waals surface area contributed by atoms with Gasteiger partial charge in [-0.15, -0.1) is 0 Å². The summed E-state index contributed by atoms with van der Waals surface area (Å²) in [5, 5.41) is 52.9. The van der Waals surface area contributed by atoms with Gasteiger partial charge in [0, 0.05) is 43.6 Å². The van der Waals surface area contributed by atoms with Crippen LogP contribution < -0.4 is 20.4 Å². The van der Waals surface area contributed by atoms with Crippen molar-refractivity contribution >= 4 is 28.3 Å². The number of hydrogen-bond donors (Lipinski definition) is 7. The van der Waals surface area contributed by atoms with E-state index >= 15 is 0 Å². The fraction of sp³-hybridized carbons (Fsp3) is 0.500. The number of rotatable bonds is 10. The quantitative estimate of drug-likeness (QED) is 0.0932. The average molecular weight is 667 g/mol. The zero-order valence-corrected chi connectivity index (χ0v) is 26.4. The predicted octanol–water partition coefficient (Wildman–Crippen LogP) is -0.988. The van der Waals surface area contributed by atoms with Crippen LogP contribution in [0.2, 0.25) is 0 Å². The van der Waals surface area contributed by atoms with Crippen molar-refractivity contribution in [3.63, 3.8) is 0 Å². The lowest BCUT2D eigenvalue weighted by atomic mass is 9.71. The second kappa shape index (κ2) is 12.9. The Balaban J connectivity index is 1.25. The molecule has 7 N–H and O–H groups in total. The number of carbonyl (C=O) groups excluding carboxylic acids is 1. The highest BCUT2D eigenvalue weighted by Gasteiger charge is 2.52. The van der Waals surface area contributed by atoms with E-state index in [-0.39, 0.29) is 29.6 Å². The fourth-order valence-electron chi connectivity index (χ4n) is 7.46. The molecule has 1 unspecified atom stereocenters. The van der Waals surface area contributed by atoms with Crippen LogP contribution in [-0.2, 0) is 21.0 Å². The van der Waals surface area contributed by atoms with E-state index in [0.717, 1.165) is 16.2 Å². The molecule has 7 rings (SSSR count). The molecule has 1 saturated heterocycles. The summed E-state index contributed by atoms with van der Waals surface area (Å²) in [6, 6.07) is 3.20. The Morgan fingerprint density at radius 3 is 2.71 bits per heavy atom. The van der Waals surface area contributed by atoms with E-state index in [2.05, 4.69) is 16.4 Å². The zero-order chi connectivity index (χ0) is 33.7. The highest BCUT2D eigenvalue weighted by atomic mass is 17.2. The summed E-state index contributed by atoms with van der Waals surface area (Å²) in [7, 11) is 0. The summed E-state index contributed by atoms with van der Waals surface area (Å²) in [5.74, 6) is 1.04. The number of nitrogens with zero attached hydrogens (tertiary/aromatic N) is 1. The molecule has 48 heavy (non-hydrogen) atoms. The Morgan fingerprint density at radius 1 is 1.15 bits per heavy atom. The maximum atomic E-state index is 13.3. The Labute approximate surface area is 275 Å². The van der Waals surface area contributed by atoms with Gasteiger partial charge in [-0.05, 0) is 37.3 Å². The van der Waals surface area contributed by atoms with Gasteiger partial charge in [-0.2, -0.15) is 0 Å². The molecule has 0 radical (unpaired) electrons. The van der Waals surface area contributed by atoms with Crippen molar-refractivity contribution in [2.24, 2.45) is 16.8 Å². The van der Waals surface area contributed by atoms with Crippen molar-refractivity contribution in [1.82, 2.24) is 5.32 Å². The predicted molar refractivity (Wildman–Crippen MR) is 169 cm³/mol. The van der Waals surface area contributed by atoms with Crippen molar-refractivity contribution in [1.29, 1.82) is 0 Å². The molecular weight excluding hydrogens is 626 g/mol. The normalized spacial score (nSPS) is 30.0. The molecule has 1 spiro atoms. The lowest BCUT2D eigenvalue weighted by molar-refractivity contribution is -0.759. The van der Waals surface area contributed by atoms with E-state index in [1.54, 1.807) is 19.2 Å². The third kappa shape index (κ3) is 5.92. The number of nitrogens with one attached hydrogen (secondary N) is 2. The van der Waals surface area contributed by atoms with Crippen molar-refractivity contribution < 1.29 is 54.2 Å². The molecule has 9 atom stereocenters. The molecule has 0 bridgehead atoms. The maximum absolute atomic E-state index is 13.3. The Bertz CT molecular complexity index is 1780. The number of amides is 1. The molecule has 1 aromatic carbocycles. The SMILES string of the molecule is Cc1cc(=O)c2cc3c(c([NH+]4C=C5C=CN=C5C4)c2o1)O[C@]1(CC=C[C@@H]([C@H]2CNC(=O)C2)C1)[C@H](OOC[C@H](O)[C@@H](O)[C@H](O)[C@H](O)CO)C3. The van der Waals surface area contributed by atoms with Gasteiger partial charge in [-0.1, -0.05) is 12.2 Å². The van der Waals surface area contributed by atoms with Crippen LogP contribution in [0.4, 0.5) is 5.69 Å². The van der Waals surface area contributed by atoms with Gasteiger partial charge < -0.3 is 40.0 Å². The van der Waals surface area contributed by atoms with Gasteiger partial charge in [0.15, 0.2) is 11.2 Å². The standard InChI is InChI=1S/C34H39N3O11/c1-17-7-24(39)22-8-20-9-27(48-45-16-26(41)31(44)30(43)25(40)15-38)34(5-2-3-18(11-34)21-10-28(42)36-12-21)47-32(20)29(33(22)46-17)37-13-19-4-6-35-23(19)14-37/h2-4,6-8,13,18,21,25-27,30-31,38,40-41,43-44H,5,9-12,14-16H2,1H3,(H,36,42)/p+1/t18-,21-,25-,26+,27-,30-,31-,34+/m1/s1. The minimum atomic E-state index is -1.82. The van der Waals surface area contributed by atoms with Crippen molar-refractivity contribution in [2.75, 3.05) is 26.3 Å². The first-order chi connectivity index (χ1) is 23.1. The number of allylic oxidation sites excluding steroid dienone is 2. The smallest absolute Gasteiger partial charge is 0.222 e. The van der Waals surface area contributed by atoms with Crippen molar-refractivity contribution in [3.05, 3.63) is 69.9 Å². The van der Waals surface area contributed by atoms with Gasteiger partial charge in [0.05, 0.1) is 17.6 Å². The minimum absolute atomic E-state index is 0.00699. The van der Waals surface area contributed by atoms with Crippen molar-refractivity contribution in [2.45, 2.75) is 68.7 Å². The van der Waals surface area contributed by atoms with Crippen LogP contribution in [0.25, 0.3) is 11.0 Å². The number of fused-ring (bicyclic) bond motifs is 3. The van der Waals surface area contributed by atoms with E-state index in [9.17, 15) is 30.0 Å². The fourth-order valence-corrected chi connectivity index (χ4v) is 7.46. The number of quaternary nitrogens is 1. The number of aryl methyl sites for hydroxylation is 1. The Morgan fingerprint density at radius 2 is 1.96 bits per heavy atom. The van der Waals surface area contributed by atoms with Crippen LogP contribution in [0.5, 0.6) is 5.75 Å². The molecule has 5 heterocycles. The number of ether oxygens (including phenoxy) is 1. The molecule has 2 aromatic rings. The lowest BCUT2D eigenvalue weighted by Crippen LogP contribution is -3.01. The molecular formula is C34H40N3O11+. The average Bonchev–Trinajstić information content (AvgIpc) is 3.80. The molecule has 256 valence electrons. The number of aliphatic hydroxyl groups is 5. The summed E-state index contributed by atoms with van der Waals surface area (Å²) >= 11 is 0. The largest absolute Gasteiger partial charge is 0.477 e. The van der Waals surface area contributed by atoms with Gasteiger partial charge in [0.2, 0.25) is 17.2 Å². The van der Waals surface area contributed by atoms with E-state index in [1.807, 2.05) is 18.4 Å². The van der Waals surface area contributed by atoms with Crippen LogP contribution in [0.15, 0.2) is 62.5 Å². The molecule has 4 aliphatic heterocycles. The number of aliphatic hydroxyl groups excluding tert-OH is 5. The highest BCUT2D eigenvalue weighted by molar-refractivity contribution is 6.07. The third-order valence-corrected chi connectivity index (χ3v) is 10.1. The molecule has 14 heteroatoms. The summed E-state index contributed by atoms with van der Waals surface area (Å²) in [4.78, 5) is 42.3. The zero-order valence-electron chi connectivity index (χ0n) is 26.4. The number of aliphatic imine (C=N–C) groups is 1. The highest BCUT2D eigenvalue weighted by Crippen LogP contribution is 2.48. The van der Waals surface area contributed by atoms with E-state index < -0.39 is 49.3 Å². The van der Waals surface area contributed by atoms with Crippen molar-refractivity contribution in [3.8, 4) is 5.75 Å². The van der Waals surface area contributed by atoms with Crippen LogP contribution in [-0.4, -0.2) is 99.6 Å². The molecule has 5 aliphatic rings. The Hall–Kier alpha value is -3.73. The van der Waals surface area contributed by atoms with Crippen LogP contribution >= 0.6 is 0 Å². The van der Waals surface area contributed by atoms with Gasteiger partial charge in [-0.25, -0.2) is 9.78 Å². The van der Waals surface area contributed by atoms with Crippen LogP contribution in [0.1, 0.15) is 30.6 Å². The molecule has 1 aliphatic carbocycles. The van der Waals surface area contributed by atoms with E-state index in [1.165, 1.54) is 6.07 Å². The van der Waals surface area contributed by atoms with Gasteiger partial charge in [0.1, 0.15) is 66.9 Å². The Kier molecular flexibility index (Phi) is 8.85. The van der Waals surface area contributed by atoms with E-state index in [4.69, 9.17) is 24.0 Å². The molecule has 14 nitrogen and oxygen atoms in total. The molecule has 1 amide bonds. The number of benzene rings is 1. The van der Waals surface area contributed by atoms with Gasteiger partial charge in [-0.3, -0.25) is 19.5 Å². The first kappa shape index (κ1) is 32.8. The van der Waals surface area contributed by atoms with Gasteiger partial charge >= 0.3 is 0 Å². The number of carbonyl (C=O) groups is 1. The first-order valence-corrected chi connectivity index (χ1v) is 16.2. The molecule has 0 saturated carbocycles. The maximum Gasteiger partial charge on any atom is 0.222 e.